The standard InChI is InChI=1S/C23H32IN4O3/c1-17-20(21(27(5)26-17)28-13-6-11-24-12-14-28)15-25-30-16-18-7-9-19(10-8-18)22(29)31-23(2,3)4/h7-10,15H,6,11-14,16H2,1-5H3/q-1/b25-15+. The fourth-order valence-electron chi connectivity index (χ4n) is 3.39. The number of nitrogens with zero attached hydrogens (tertiary/aromatic N) is 4. The molecule has 7 nitrogen and oxygen atoms in total. The van der Waals surface area contributed by atoms with Crippen molar-refractivity contribution >= 4 is 18.0 Å². The number of oxime groups is 1. The molecule has 1 saturated heterocycles. The summed E-state index contributed by atoms with van der Waals surface area (Å²) in [6.07, 6.45) is 3.02. The van der Waals surface area contributed by atoms with Gasteiger partial charge in [0.2, 0.25) is 0 Å². The van der Waals surface area contributed by atoms with E-state index in [1.165, 1.54) is 15.3 Å². The summed E-state index contributed by atoms with van der Waals surface area (Å²) in [6.45, 7) is 10.1. The van der Waals surface area contributed by atoms with Crippen LogP contribution in [0, 0.1) is 6.92 Å². The minimum absolute atomic E-state index is 0.326. The van der Waals surface area contributed by atoms with Crippen LogP contribution in [-0.2, 0) is 23.2 Å². The van der Waals surface area contributed by atoms with Gasteiger partial charge in [0.1, 0.15) is 5.60 Å². The summed E-state index contributed by atoms with van der Waals surface area (Å²) in [6, 6.07) is 7.22. The number of benzene rings is 1. The topological polar surface area (TPSA) is 69.0 Å². The Morgan fingerprint density at radius 2 is 1.97 bits per heavy atom. The van der Waals surface area contributed by atoms with Crippen LogP contribution < -0.4 is 26.1 Å². The van der Waals surface area contributed by atoms with Crippen LogP contribution in [0.15, 0.2) is 29.4 Å². The first-order valence-electron chi connectivity index (χ1n) is 10.5. The molecule has 3 rings (SSSR count). The van der Waals surface area contributed by atoms with Crippen molar-refractivity contribution in [1.82, 2.24) is 9.78 Å². The van der Waals surface area contributed by atoms with Crippen molar-refractivity contribution < 1.29 is 35.6 Å². The van der Waals surface area contributed by atoms with E-state index in [0.717, 1.165) is 35.7 Å². The van der Waals surface area contributed by atoms with Gasteiger partial charge in [-0.2, -0.15) is 0 Å². The number of aromatic nitrogens is 2. The maximum atomic E-state index is 12.1. The van der Waals surface area contributed by atoms with Gasteiger partial charge in [-0.1, -0.05) is 0 Å². The van der Waals surface area contributed by atoms with E-state index < -0.39 is 5.60 Å². The number of halogens is 1. The SMILES string of the molecule is Cc1nn(C)c(N2CCC[I-]CC2)c1/C=N/OCc1ccc(C(=O)OC(C)(C)C)cc1. The van der Waals surface area contributed by atoms with Crippen molar-refractivity contribution in [3.63, 3.8) is 0 Å². The first-order valence-corrected chi connectivity index (χ1v) is 13.6. The van der Waals surface area contributed by atoms with Crippen molar-refractivity contribution in [1.29, 1.82) is 0 Å². The van der Waals surface area contributed by atoms with Crippen LogP contribution in [0.5, 0.6) is 0 Å². The van der Waals surface area contributed by atoms with E-state index >= 15 is 0 Å². The van der Waals surface area contributed by atoms with Crippen LogP contribution in [-0.4, -0.2) is 49.5 Å². The van der Waals surface area contributed by atoms with Gasteiger partial charge < -0.3 is 4.74 Å². The molecule has 1 aliphatic rings. The molecule has 8 heteroatoms. The minimum atomic E-state index is -0.508. The number of rotatable bonds is 6. The van der Waals surface area contributed by atoms with Crippen molar-refractivity contribution in [3.8, 4) is 0 Å². The van der Waals surface area contributed by atoms with Crippen molar-refractivity contribution in [2.45, 2.75) is 46.3 Å². The predicted molar refractivity (Wildman–Crippen MR) is 119 cm³/mol. The van der Waals surface area contributed by atoms with Crippen molar-refractivity contribution in [3.05, 3.63) is 46.6 Å². The van der Waals surface area contributed by atoms with E-state index in [9.17, 15) is 4.79 Å². The van der Waals surface area contributed by atoms with Crippen LogP contribution in [0.3, 0.4) is 0 Å². The number of ether oxygens (including phenoxy) is 1. The molecule has 0 saturated carbocycles. The predicted octanol–water partition coefficient (Wildman–Crippen LogP) is 0.534. The second-order valence-electron chi connectivity index (χ2n) is 8.56. The van der Waals surface area contributed by atoms with E-state index in [0.29, 0.717) is 33.4 Å². The monoisotopic (exact) mass is 539 g/mol. The molecule has 1 aliphatic heterocycles. The quantitative estimate of drug-likeness (QED) is 0.176. The second kappa shape index (κ2) is 10.5. The van der Waals surface area contributed by atoms with Crippen molar-refractivity contribution in [2.75, 3.05) is 26.8 Å². The van der Waals surface area contributed by atoms with E-state index in [4.69, 9.17) is 9.57 Å². The molecular formula is C23H32IN4O3-. The molecule has 31 heavy (non-hydrogen) atoms. The number of carbonyl (C=O) groups excluding carboxylic acids is 1. The van der Waals surface area contributed by atoms with Crippen LogP contribution in [0.1, 0.15) is 54.4 Å². The Morgan fingerprint density at radius 1 is 1.23 bits per heavy atom. The summed E-state index contributed by atoms with van der Waals surface area (Å²) in [5, 5.41) is 8.80. The Balaban J connectivity index is 1.61. The third-order valence-electron chi connectivity index (χ3n) is 4.80. The van der Waals surface area contributed by atoms with Gasteiger partial charge in [-0.3, -0.25) is 0 Å². The van der Waals surface area contributed by atoms with E-state index in [-0.39, 0.29) is 5.97 Å². The van der Waals surface area contributed by atoms with Crippen LogP contribution >= 0.6 is 0 Å². The summed E-state index contributed by atoms with van der Waals surface area (Å²) in [5.74, 6) is 0.797. The van der Waals surface area contributed by atoms with Crippen LogP contribution in [0.4, 0.5) is 5.82 Å². The fourth-order valence-corrected chi connectivity index (χ4v) is 5.73. The van der Waals surface area contributed by atoms with Crippen LogP contribution in [0.2, 0.25) is 0 Å². The van der Waals surface area contributed by atoms with Gasteiger partial charge in [-0.05, 0) is 20.8 Å². The van der Waals surface area contributed by atoms with Crippen molar-refractivity contribution in [2.24, 2.45) is 12.2 Å². The molecule has 0 unspecified atom stereocenters. The number of alkyl halides is 2. The van der Waals surface area contributed by atoms with Gasteiger partial charge in [0.05, 0.1) is 5.56 Å². The molecule has 0 atom stereocenters. The summed E-state index contributed by atoms with van der Waals surface area (Å²) in [4.78, 5) is 20.1. The summed E-state index contributed by atoms with van der Waals surface area (Å²) in [5.41, 5.74) is 2.92. The average Bonchev–Trinajstić information content (AvgIpc) is 2.88. The van der Waals surface area contributed by atoms with Gasteiger partial charge in [0, 0.05) is 0 Å². The van der Waals surface area contributed by atoms with Crippen LogP contribution in [0.25, 0.3) is 0 Å². The fraction of sp³-hybridized carbons (Fsp3) is 0.522. The number of hydrogen-bond donors (Lipinski definition) is 0. The molecule has 0 bridgehead atoms. The Hall–Kier alpha value is -2.10. The molecular weight excluding hydrogens is 507 g/mol. The molecule has 1 aromatic heterocycles. The zero-order valence-electron chi connectivity index (χ0n) is 19.0. The summed E-state index contributed by atoms with van der Waals surface area (Å²) in [7, 11) is 1.99. The molecule has 0 amide bonds. The molecule has 1 aromatic carbocycles. The zero-order chi connectivity index (χ0) is 22.4. The van der Waals surface area contributed by atoms with Gasteiger partial charge in [-0.25, -0.2) is 4.79 Å². The first kappa shape index (κ1) is 23.6. The molecule has 2 aromatic rings. The Bertz CT molecular complexity index is 908. The van der Waals surface area contributed by atoms with Gasteiger partial charge in [-0.15, -0.1) is 0 Å². The third kappa shape index (κ3) is 6.69. The molecule has 0 N–H and O–H groups in total. The molecule has 0 radical (unpaired) electrons. The number of anilines is 1. The first-order chi connectivity index (χ1) is 14.7. The van der Waals surface area contributed by atoms with Gasteiger partial charge >= 0.3 is 154 Å². The second-order valence-corrected chi connectivity index (χ2v) is 11.8. The molecule has 170 valence electrons. The molecule has 2 heterocycles. The number of aryl methyl sites for hydroxylation is 2. The van der Waals surface area contributed by atoms with Gasteiger partial charge in [0.25, 0.3) is 0 Å². The normalized spacial score (nSPS) is 15.5. The third-order valence-corrected chi connectivity index (χ3v) is 7.57. The molecule has 1 fully saturated rings. The van der Waals surface area contributed by atoms with Gasteiger partial charge in [0.15, 0.2) is 0 Å². The molecule has 0 spiro atoms. The average molecular weight is 539 g/mol. The Labute approximate surface area is 195 Å². The maximum absolute atomic E-state index is 12.1. The summed E-state index contributed by atoms with van der Waals surface area (Å²) < 4.78 is 10.1. The van der Waals surface area contributed by atoms with E-state index in [1.54, 1.807) is 18.3 Å². The van der Waals surface area contributed by atoms with E-state index in [2.05, 4.69) is 15.2 Å². The Morgan fingerprint density at radius 3 is 2.68 bits per heavy atom. The molecule has 0 aliphatic carbocycles. The number of carbonyl (C=O) groups is 1. The number of esters is 1. The zero-order valence-corrected chi connectivity index (χ0v) is 21.2. The van der Waals surface area contributed by atoms with E-state index in [1.807, 2.05) is 51.6 Å². The Kier molecular flexibility index (Phi) is 7.96. The summed E-state index contributed by atoms with van der Waals surface area (Å²) >= 11 is 0.342. The number of hydrogen-bond acceptors (Lipinski definition) is 6.